The second-order valence-electron chi connectivity index (χ2n) is 3.57. The molecule has 0 spiro atoms. The smallest absolute Gasteiger partial charge is 0.469 e. The number of aromatic nitrogens is 1. The topological polar surface area (TPSA) is 48.4 Å². The van der Waals surface area contributed by atoms with E-state index < -0.39 is 39.9 Å². The second kappa shape index (κ2) is 6.23. The lowest BCUT2D eigenvalue weighted by molar-refractivity contribution is -0.276. The summed E-state index contributed by atoms with van der Waals surface area (Å²) in [5, 5.41) is 0. The van der Waals surface area contributed by atoms with Crippen molar-refractivity contribution in [3.8, 4) is 5.75 Å². The molecule has 0 atom stereocenters. The lowest BCUT2D eigenvalue weighted by atomic mass is 10.2. The molecule has 0 unspecified atom stereocenters. The molecule has 118 valence electrons. The average molecular weight is 429 g/mol. The monoisotopic (exact) mass is 429 g/mol. The Hall–Kier alpha value is -1.27. The molecule has 1 aromatic heterocycles. The fourth-order valence-electron chi connectivity index (χ4n) is 1.27. The van der Waals surface area contributed by atoms with Gasteiger partial charge in [-0.05, 0) is 28.2 Å². The van der Waals surface area contributed by atoms with Crippen molar-refractivity contribution in [1.29, 1.82) is 0 Å². The Bertz CT molecular complexity index is 543. The molecule has 0 radical (unpaired) electrons. The van der Waals surface area contributed by atoms with Gasteiger partial charge >= 0.3 is 18.5 Å². The quantitative estimate of drug-likeness (QED) is 0.421. The number of methoxy groups -OCH3 is 1. The third-order valence-corrected chi connectivity index (χ3v) is 3.28. The van der Waals surface area contributed by atoms with Crippen molar-refractivity contribution in [3.63, 3.8) is 0 Å². The Labute approximate surface area is 127 Å². The van der Waals surface area contributed by atoms with Gasteiger partial charge in [-0.1, -0.05) is 0 Å². The van der Waals surface area contributed by atoms with Crippen LogP contribution >= 0.6 is 22.6 Å². The van der Waals surface area contributed by atoms with Crippen LogP contribution in [0.2, 0.25) is 0 Å². The summed E-state index contributed by atoms with van der Waals surface area (Å²) in [6.07, 6.45) is -10.3. The Balaban J connectivity index is 3.37. The number of rotatable bonds is 3. The number of alkyl halides is 6. The maximum Gasteiger partial charge on any atom is 0.573 e. The first kappa shape index (κ1) is 17.8. The number of hydrogen-bond acceptors (Lipinski definition) is 4. The number of halogens is 7. The lowest BCUT2D eigenvalue weighted by Gasteiger charge is -2.17. The Morgan fingerprint density at radius 3 is 2.29 bits per heavy atom. The molecule has 0 aromatic carbocycles. The van der Waals surface area contributed by atoms with Crippen LogP contribution in [0.5, 0.6) is 5.75 Å². The highest BCUT2D eigenvalue weighted by molar-refractivity contribution is 14.1. The summed E-state index contributed by atoms with van der Waals surface area (Å²) in [7, 11) is 1.03. The molecular formula is C10H6F6INO3. The van der Waals surface area contributed by atoms with Crippen LogP contribution in [-0.2, 0) is 22.1 Å². The SMILES string of the molecule is COC(=O)Cc1cnc(C(F)(F)F)c(OC(F)(F)F)c1I. The van der Waals surface area contributed by atoms with E-state index in [2.05, 4.69) is 14.5 Å². The van der Waals surface area contributed by atoms with Gasteiger partial charge in [-0.15, -0.1) is 13.2 Å². The minimum atomic E-state index is -5.33. The van der Waals surface area contributed by atoms with Crippen molar-refractivity contribution in [2.24, 2.45) is 0 Å². The molecule has 1 aromatic rings. The van der Waals surface area contributed by atoms with Gasteiger partial charge < -0.3 is 9.47 Å². The van der Waals surface area contributed by atoms with Gasteiger partial charge in [0.1, 0.15) is 0 Å². The predicted octanol–water partition coefficient (Wildman–Crippen LogP) is 3.32. The number of pyridine rings is 1. The third-order valence-electron chi connectivity index (χ3n) is 2.09. The normalized spacial score (nSPS) is 12.2. The minimum absolute atomic E-state index is 0.172. The molecule has 0 aliphatic rings. The summed E-state index contributed by atoms with van der Waals surface area (Å²) in [4.78, 5) is 14.0. The van der Waals surface area contributed by atoms with Gasteiger partial charge in [0.05, 0.1) is 17.1 Å². The molecule has 0 saturated heterocycles. The van der Waals surface area contributed by atoms with Gasteiger partial charge in [-0.3, -0.25) is 4.79 Å². The number of nitrogens with zero attached hydrogens (tertiary/aromatic N) is 1. The zero-order chi connectivity index (χ0) is 16.4. The summed E-state index contributed by atoms with van der Waals surface area (Å²) in [5.74, 6) is -2.33. The van der Waals surface area contributed by atoms with Crippen LogP contribution in [0.3, 0.4) is 0 Å². The molecule has 0 fully saturated rings. The largest absolute Gasteiger partial charge is 0.573 e. The van der Waals surface area contributed by atoms with Crippen molar-refractivity contribution in [2.75, 3.05) is 7.11 Å². The highest BCUT2D eigenvalue weighted by Gasteiger charge is 2.42. The highest BCUT2D eigenvalue weighted by atomic mass is 127. The van der Waals surface area contributed by atoms with E-state index in [1.807, 2.05) is 0 Å². The first-order valence-electron chi connectivity index (χ1n) is 5.03. The first-order chi connectivity index (χ1) is 9.45. The second-order valence-corrected chi connectivity index (χ2v) is 4.65. The van der Waals surface area contributed by atoms with Crippen LogP contribution in [0.1, 0.15) is 11.3 Å². The molecule has 0 aliphatic carbocycles. The Morgan fingerprint density at radius 2 is 1.86 bits per heavy atom. The van der Waals surface area contributed by atoms with Crippen molar-refractivity contribution in [2.45, 2.75) is 19.0 Å². The zero-order valence-corrected chi connectivity index (χ0v) is 12.3. The molecule has 0 amide bonds. The molecule has 0 aliphatic heterocycles. The number of carbonyl (C=O) groups is 1. The van der Waals surface area contributed by atoms with Crippen LogP contribution in [0.15, 0.2) is 6.20 Å². The van der Waals surface area contributed by atoms with E-state index in [0.29, 0.717) is 6.20 Å². The minimum Gasteiger partial charge on any atom is -0.469 e. The summed E-state index contributed by atoms with van der Waals surface area (Å²) in [6, 6.07) is 0. The maximum absolute atomic E-state index is 12.7. The van der Waals surface area contributed by atoms with E-state index >= 15 is 0 Å². The van der Waals surface area contributed by atoms with Gasteiger partial charge in [-0.2, -0.15) is 13.2 Å². The number of carbonyl (C=O) groups excluding carboxylic acids is 1. The molecule has 4 nitrogen and oxygen atoms in total. The van der Waals surface area contributed by atoms with Gasteiger partial charge in [0, 0.05) is 6.20 Å². The van der Waals surface area contributed by atoms with E-state index in [1.54, 1.807) is 0 Å². The number of hydrogen-bond donors (Lipinski definition) is 0. The molecule has 11 heteroatoms. The van der Waals surface area contributed by atoms with Gasteiger partial charge in [0.25, 0.3) is 0 Å². The molecule has 1 heterocycles. The molecular weight excluding hydrogens is 423 g/mol. The Kier molecular flexibility index (Phi) is 5.28. The van der Waals surface area contributed by atoms with E-state index in [1.165, 1.54) is 22.6 Å². The summed E-state index contributed by atoms with van der Waals surface area (Å²) in [6.45, 7) is 0. The van der Waals surface area contributed by atoms with Crippen LogP contribution in [-0.4, -0.2) is 24.4 Å². The van der Waals surface area contributed by atoms with Crippen LogP contribution in [0, 0.1) is 3.57 Å². The number of ether oxygens (including phenoxy) is 2. The van der Waals surface area contributed by atoms with Gasteiger partial charge in [0.15, 0.2) is 11.4 Å². The molecule has 0 saturated carbocycles. The highest BCUT2D eigenvalue weighted by Crippen LogP contribution is 2.40. The molecule has 0 bridgehead atoms. The third kappa shape index (κ3) is 4.89. The summed E-state index contributed by atoms with van der Waals surface area (Å²) >= 11 is 1.22. The van der Waals surface area contributed by atoms with E-state index in [9.17, 15) is 31.1 Å². The van der Waals surface area contributed by atoms with Crippen molar-refractivity contribution < 1.29 is 40.6 Å². The predicted molar refractivity (Wildman–Crippen MR) is 64.4 cm³/mol. The van der Waals surface area contributed by atoms with Gasteiger partial charge in [0.2, 0.25) is 0 Å². The molecule has 21 heavy (non-hydrogen) atoms. The summed E-state index contributed by atoms with van der Waals surface area (Å²) in [5.41, 5.74) is -1.99. The maximum atomic E-state index is 12.7. The van der Waals surface area contributed by atoms with E-state index in [-0.39, 0.29) is 5.56 Å². The van der Waals surface area contributed by atoms with Crippen molar-refractivity contribution in [3.05, 3.63) is 21.0 Å². The van der Waals surface area contributed by atoms with E-state index in [0.717, 1.165) is 7.11 Å². The first-order valence-corrected chi connectivity index (χ1v) is 6.10. The number of esters is 1. The lowest BCUT2D eigenvalue weighted by Crippen LogP contribution is -2.23. The van der Waals surface area contributed by atoms with Crippen LogP contribution < -0.4 is 4.74 Å². The van der Waals surface area contributed by atoms with Crippen molar-refractivity contribution >= 4 is 28.6 Å². The fourth-order valence-corrected chi connectivity index (χ4v) is 1.96. The van der Waals surface area contributed by atoms with E-state index in [4.69, 9.17) is 0 Å². The van der Waals surface area contributed by atoms with Crippen LogP contribution in [0.25, 0.3) is 0 Å². The summed E-state index contributed by atoms with van der Waals surface area (Å²) < 4.78 is 81.9. The van der Waals surface area contributed by atoms with Crippen molar-refractivity contribution in [1.82, 2.24) is 4.98 Å². The average Bonchev–Trinajstić information content (AvgIpc) is 2.30. The van der Waals surface area contributed by atoms with Gasteiger partial charge in [-0.25, -0.2) is 4.98 Å². The Morgan fingerprint density at radius 1 is 1.29 bits per heavy atom. The molecule has 0 N–H and O–H groups in total. The standard InChI is InChI=1S/C10H6F6INO3/c1-20-5(19)2-4-3-18-8(9(11,12)13)7(6(4)17)21-10(14,15)16/h3H,2H2,1H3. The zero-order valence-electron chi connectivity index (χ0n) is 10.1. The van der Waals surface area contributed by atoms with Crippen LogP contribution in [0.4, 0.5) is 26.3 Å². The molecule has 1 rings (SSSR count). The fraction of sp³-hybridized carbons (Fsp3) is 0.400.